The molecule has 0 bridgehead atoms. The van der Waals surface area contributed by atoms with E-state index in [0.29, 0.717) is 37.2 Å². The number of hydrogen-bond donors (Lipinski definition) is 4. The molecule has 2 aliphatic rings. The molecule has 252 valence electrons. The molecule has 0 amide bonds. The first-order valence-electron chi connectivity index (χ1n) is 16.4. The lowest BCUT2D eigenvalue weighted by molar-refractivity contribution is 0.00327. The molecular formula is C37H58O6P2. The summed E-state index contributed by atoms with van der Waals surface area (Å²) >= 11 is 0. The van der Waals surface area contributed by atoms with E-state index < -0.39 is 45.1 Å². The maximum Gasteiger partial charge on any atom is 0.146 e. The van der Waals surface area contributed by atoms with Gasteiger partial charge in [-0.1, -0.05) is 107 Å². The molecule has 2 saturated heterocycles. The Kier molecular flexibility index (Phi) is 10.3. The van der Waals surface area contributed by atoms with Crippen LogP contribution in [0.5, 0.6) is 11.5 Å². The molecule has 4 rings (SSSR count). The van der Waals surface area contributed by atoms with Gasteiger partial charge in [-0.3, -0.25) is 0 Å². The Bertz CT molecular complexity index is 1220. The number of rotatable bonds is 4. The van der Waals surface area contributed by atoms with Gasteiger partial charge in [-0.25, -0.2) is 0 Å². The molecule has 6 nitrogen and oxygen atoms in total. The van der Waals surface area contributed by atoms with Crippen molar-refractivity contribution in [3.05, 3.63) is 58.7 Å². The fraction of sp³-hybridized carbons (Fsp3) is 0.676. The first-order chi connectivity index (χ1) is 20.4. The quantitative estimate of drug-likeness (QED) is 0.245. The molecule has 0 radical (unpaired) electrons. The zero-order valence-electron chi connectivity index (χ0n) is 29.6. The second-order valence-electron chi connectivity index (χ2n) is 17.6. The van der Waals surface area contributed by atoms with Crippen molar-refractivity contribution in [2.24, 2.45) is 5.41 Å². The molecular weight excluding hydrogens is 602 g/mol. The van der Waals surface area contributed by atoms with E-state index in [2.05, 4.69) is 107 Å². The maximum absolute atomic E-state index is 11.4. The van der Waals surface area contributed by atoms with E-state index in [1.54, 1.807) is 0 Å². The second kappa shape index (κ2) is 12.6. The molecule has 2 heterocycles. The van der Waals surface area contributed by atoms with Crippen molar-refractivity contribution in [3.63, 3.8) is 0 Å². The van der Waals surface area contributed by atoms with Crippen LogP contribution < -0.4 is 9.05 Å². The van der Waals surface area contributed by atoms with E-state index >= 15 is 0 Å². The standard InChI is InChI=1S/C37H58O6P2/c1-33(2,3)23-13-15-27(25(17-23)35(7,8)9)42-44-29(38)19-37(20-30(44)39)21-31(40)45(32(41)22-37)43-28-16-14-24(34(4,5)6)18-26(28)36(10,11)12/h13-18,29-32,38-41H,19-22H2,1-12H3. The van der Waals surface area contributed by atoms with Crippen molar-refractivity contribution in [2.75, 3.05) is 0 Å². The highest BCUT2D eigenvalue weighted by molar-refractivity contribution is 7.54. The van der Waals surface area contributed by atoms with Gasteiger partial charge in [0.1, 0.15) is 51.2 Å². The Balaban J connectivity index is 1.52. The van der Waals surface area contributed by atoms with E-state index in [1.165, 1.54) is 11.1 Å². The molecule has 2 aromatic carbocycles. The minimum Gasteiger partial charge on any atom is -0.468 e. The monoisotopic (exact) mass is 660 g/mol. The van der Waals surface area contributed by atoms with Crippen LogP contribution in [0.3, 0.4) is 0 Å². The minimum absolute atomic E-state index is 0.0178. The van der Waals surface area contributed by atoms with Crippen LogP contribution in [0.1, 0.15) is 131 Å². The van der Waals surface area contributed by atoms with Gasteiger partial charge < -0.3 is 29.5 Å². The molecule has 4 N–H and O–H groups in total. The van der Waals surface area contributed by atoms with Crippen LogP contribution in [0.2, 0.25) is 0 Å². The Hall–Kier alpha value is -1.26. The fourth-order valence-electron chi connectivity index (χ4n) is 6.60. The lowest BCUT2D eigenvalue weighted by Gasteiger charge is -2.50. The van der Waals surface area contributed by atoms with Gasteiger partial charge in [-0.05, 0) is 76.0 Å². The number of hydrogen-bond acceptors (Lipinski definition) is 6. The van der Waals surface area contributed by atoms with Crippen molar-refractivity contribution in [1.29, 1.82) is 0 Å². The van der Waals surface area contributed by atoms with E-state index in [1.807, 2.05) is 12.1 Å². The van der Waals surface area contributed by atoms with Gasteiger partial charge in [0.2, 0.25) is 0 Å². The van der Waals surface area contributed by atoms with Crippen LogP contribution in [-0.2, 0) is 21.7 Å². The van der Waals surface area contributed by atoms with Gasteiger partial charge in [0.25, 0.3) is 0 Å². The van der Waals surface area contributed by atoms with Gasteiger partial charge >= 0.3 is 0 Å². The average molecular weight is 661 g/mol. The molecule has 1 spiro atoms. The van der Waals surface area contributed by atoms with Crippen LogP contribution >= 0.6 is 16.3 Å². The summed E-state index contributed by atoms with van der Waals surface area (Å²) in [5.41, 5.74) is 3.50. The topological polar surface area (TPSA) is 99.4 Å². The summed E-state index contributed by atoms with van der Waals surface area (Å²) < 4.78 is 13.0. The molecule has 4 unspecified atom stereocenters. The molecule has 0 aliphatic carbocycles. The minimum atomic E-state index is -1.61. The van der Waals surface area contributed by atoms with E-state index in [9.17, 15) is 20.4 Å². The third kappa shape index (κ3) is 8.25. The van der Waals surface area contributed by atoms with Crippen molar-refractivity contribution in [2.45, 2.75) is 154 Å². The molecule has 0 saturated carbocycles. The third-order valence-electron chi connectivity index (χ3n) is 9.35. The first kappa shape index (κ1) is 36.6. The predicted octanol–water partition coefficient (Wildman–Crippen LogP) is 8.98. The summed E-state index contributed by atoms with van der Waals surface area (Å²) in [6.45, 7) is 26.0. The largest absolute Gasteiger partial charge is 0.468 e. The van der Waals surface area contributed by atoms with Crippen LogP contribution in [0.15, 0.2) is 36.4 Å². The van der Waals surface area contributed by atoms with Crippen molar-refractivity contribution in [3.8, 4) is 11.5 Å². The zero-order chi connectivity index (χ0) is 33.9. The van der Waals surface area contributed by atoms with Gasteiger partial charge in [-0.15, -0.1) is 0 Å². The van der Waals surface area contributed by atoms with E-state index in [-0.39, 0.29) is 21.7 Å². The van der Waals surface area contributed by atoms with Gasteiger partial charge in [-0.2, -0.15) is 0 Å². The lowest BCUT2D eigenvalue weighted by atomic mass is 9.75. The van der Waals surface area contributed by atoms with Gasteiger partial charge in [0.05, 0.1) is 0 Å². The van der Waals surface area contributed by atoms with E-state index in [4.69, 9.17) is 9.05 Å². The van der Waals surface area contributed by atoms with Gasteiger partial charge in [0.15, 0.2) is 0 Å². The van der Waals surface area contributed by atoms with Gasteiger partial charge in [0, 0.05) is 11.1 Å². The van der Waals surface area contributed by atoms with Crippen LogP contribution in [0.25, 0.3) is 0 Å². The highest BCUT2D eigenvalue weighted by Crippen LogP contribution is 2.66. The first-order valence-corrected chi connectivity index (χ1v) is 19.2. The van der Waals surface area contributed by atoms with Crippen molar-refractivity contribution >= 4 is 16.3 Å². The zero-order valence-corrected chi connectivity index (χ0v) is 31.4. The Morgan fingerprint density at radius 3 is 1.04 bits per heavy atom. The molecule has 4 atom stereocenters. The van der Waals surface area contributed by atoms with Crippen LogP contribution in [0, 0.1) is 5.41 Å². The summed E-state index contributed by atoms with van der Waals surface area (Å²) in [7, 11) is -3.22. The summed E-state index contributed by atoms with van der Waals surface area (Å²) in [4.78, 5) is 0. The molecule has 2 fully saturated rings. The van der Waals surface area contributed by atoms with Crippen molar-refractivity contribution in [1.82, 2.24) is 0 Å². The predicted molar refractivity (Wildman–Crippen MR) is 188 cm³/mol. The number of aliphatic hydroxyl groups excluding tert-OH is 4. The summed E-state index contributed by atoms with van der Waals surface area (Å²) in [6.07, 6.45) is 1.41. The lowest BCUT2D eigenvalue weighted by Crippen LogP contribution is -2.45. The Labute approximate surface area is 274 Å². The third-order valence-corrected chi connectivity index (χ3v) is 13.2. The van der Waals surface area contributed by atoms with E-state index in [0.717, 1.165) is 11.1 Å². The summed E-state index contributed by atoms with van der Waals surface area (Å²) in [5, 5.41) is 45.8. The van der Waals surface area contributed by atoms with Crippen molar-refractivity contribution < 1.29 is 29.5 Å². The Morgan fingerprint density at radius 2 is 0.800 bits per heavy atom. The summed E-state index contributed by atoms with van der Waals surface area (Å²) in [6, 6.07) is 12.5. The van der Waals surface area contributed by atoms with Crippen LogP contribution in [-0.4, -0.2) is 43.8 Å². The number of aliphatic hydroxyl groups is 4. The molecule has 0 aromatic heterocycles. The van der Waals surface area contributed by atoms with Crippen LogP contribution in [0.4, 0.5) is 0 Å². The molecule has 45 heavy (non-hydrogen) atoms. The molecule has 2 aromatic rings. The fourth-order valence-corrected chi connectivity index (χ4v) is 10.9. The highest BCUT2D eigenvalue weighted by Gasteiger charge is 2.54. The molecule has 2 aliphatic heterocycles. The maximum atomic E-state index is 11.4. The Morgan fingerprint density at radius 1 is 0.511 bits per heavy atom. The second-order valence-corrected chi connectivity index (χ2v) is 21.8. The normalized spacial score (nSPS) is 30.0. The SMILES string of the molecule is CC(C)(C)c1ccc(OP2C(O)CC3(CC2O)CC(O)P(Oc2ccc(C(C)(C)C)cc2C(C)(C)C)C(O)C3)c(C(C)(C)C)c1. The smallest absolute Gasteiger partial charge is 0.146 e. The highest BCUT2D eigenvalue weighted by atomic mass is 31.1. The molecule has 8 heteroatoms. The number of benzene rings is 2. The summed E-state index contributed by atoms with van der Waals surface area (Å²) in [5.74, 6) is -2.16. The average Bonchev–Trinajstić information content (AvgIpc) is 2.86.